The third-order valence-electron chi connectivity index (χ3n) is 3.19. The van der Waals surface area contributed by atoms with E-state index in [2.05, 4.69) is 10.2 Å². The quantitative estimate of drug-likeness (QED) is 0.797. The molecule has 0 fully saturated rings. The van der Waals surface area contributed by atoms with E-state index in [1.807, 2.05) is 48.5 Å². The summed E-state index contributed by atoms with van der Waals surface area (Å²) in [5, 5.41) is 18.9. The first-order valence-electron chi connectivity index (χ1n) is 6.57. The third-order valence-corrected chi connectivity index (χ3v) is 3.19. The average molecular weight is 281 g/mol. The number of rotatable bonds is 4. The van der Waals surface area contributed by atoms with Crippen LogP contribution in [0.15, 0.2) is 60.8 Å². The van der Waals surface area contributed by atoms with Gasteiger partial charge in [-0.3, -0.25) is 0 Å². The number of ether oxygens (including phenoxy) is 1. The smallest absolute Gasteiger partial charge is 0.125 e. The van der Waals surface area contributed by atoms with Crippen molar-refractivity contribution in [3.63, 3.8) is 0 Å². The van der Waals surface area contributed by atoms with Gasteiger partial charge in [0.25, 0.3) is 0 Å². The minimum atomic E-state index is -0.836. The summed E-state index contributed by atoms with van der Waals surface area (Å²) in [6.45, 7) is 0. The normalized spacial score (nSPS) is 12.1. The van der Waals surface area contributed by atoms with Gasteiger partial charge in [0, 0.05) is 0 Å². The number of hydrogen-bond donors (Lipinski definition) is 1. The number of aliphatic hydroxyl groups is 1. The predicted molar refractivity (Wildman–Crippen MR) is 78.4 cm³/mol. The Morgan fingerprint density at radius 3 is 2.67 bits per heavy atom. The first-order valence-corrected chi connectivity index (χ1v) is 6.57. The van der Waals surface area contributed by atoms with Crippen molar-refractivity contribution in [2.45, 2.75) is 6.10 Å². The van der Waals surface area contributed by atoms with Crippen LogP contribution in [0.5, 0.6) is 5.75 Å². The van der Waals surface area contributed by atoms with Gasteiger partial charge in [-0.1, -0.05) is 30.3 Å². The third kappa shape index (κ3) is 2.78. The maximum absolute atomic E-state index is 10.4. The van der Waals surface area contributed by atoms with Gasteiger partial charge in [0.1, 0.15) is 17.5 Å². The van der Waals surface area contributed by atoms with E-state index in [-0.39, 0.29) is 0 Å². The molecular weight excluding hydrogens is 266 g/mol. The summed E-state index contributed by atoms with van der Waals surface area (Å²) in [6.07, 6.45) is 0.731. The van der Waals surface area contributed by atoms with E-state index in [1.54, 1.807) is 19.4 Å². The van der Waals surface area contributed by atoms with Crippen molar-refractivity contribution in [3.05, 3.63) is 72.1 Å². The van der Waals surface area contributed by atoms with Gasteiger partial charge in [-0.25, -0.2) is 0 Å². The highest BCUT2D eigenvalue weighted by atomic mass is 16.5. The zero-order valence-corrected chi connectivity index (χ0v) is 11.5. The van der Waals surface area contributed by atoms with Gasteiger partial charge in [0.2, 0.25) is 0 Å². The molecule has 0 aliphatic carbocycles. The van der Waals surface area contributed by atoms with Crippen LogP contribution in [0.3, 0.4) is 0 Å². The van der Waals surface area contributed by atoms with Crippen molar-refractivity contribution in [3.8, 4) is 11.4 Å². The Labute approximate surface area is 122 Å². The molecule has 0 saturated carbocycles. The topological polar surface area (TPSA) is 60.2 Å². The first-order chi connectivity index (χ1) is 10.3. The number of aromatic nitrogens is 3. The van der Waals surface area contributed by atoms with Gasteiger partial charge >= 0.3 is 0 Å². The largest absolute Gasteiger partial charge is 0.497 e. The van der Waals surface area contributed by atoms with Crippen LogP contribution in [0.1, 0.15) is 17.4 Å². The van der Waals surface area contributed by atoms with Crippen LogP contribution in [0, 0.1) is 0 Å². The van der Waals surface area contributed by atoms with Crippen LogP contribution in [-0.4, -0.2) is 27.2 Å². The molecule has 1 atom stereocenters. The lowest BCUT2D eigenvalue weighted by atomic mass is 10.1. The molecule has 21 heavy (non-hydrogen) atoms. The molecule has 0 bridgehead atoms. The molecule has 5 heteroatoms. The fourth-order valence-electron chi connectivity index (χ4n) is 2.07. The summed E-state index contributed by atoms with van der Waals surface area (Å²) in [7, 11) is 1.59. The van der Waals surface area contributed by atoms with E-state index in [0.717, 1.165) is 11.3 Å². The Bertz CT molecular complexity index is 725. The second kappa shape index (κ2) is 5.76. The summed E-state index contributed by atoms with van der Waals surface area (Å²) in [5.74, 6) is 0.696. The fraction of sp³-hybridized carbons (Fsp3) is 0.125. The molecule has 0 amide bonds. The highest BCUT2D eigenvalue weighted by Crippen LogP contribution is 2.23. The number of methoxy groups -OCH3 is 1. The van der Waals surface area contributed by atoms with Gasteiger partial charge in [0.05, 0.1) is 19.0 Å². The Kier molecular flexibility index (Phi) is 3.66. The summed E-state index contributed by atoms with van der Waals surface area (Å²) >= 11 is 0. The Hall–Kier alpha value is -2.66. The molecule has 0 saturated heterocycles. The summed E-state index contributed by atoms with van der Waals surface area (Å²) in [6, 6.07) is 16.8. The molecule has 2 aromatic carbocycles. The lowest BCUT2D eigenvalue weighted by molar-refractivity contribution is 0.214. The molecule has 1 aromatic heterocycles. The molecule has 0 spiro atoms. The van der Waals surface area contributed by atoms with Gasteiger partial charge in [-0.05, 0) is 29.8 Å². The van der Waals surface area contributed by atoms with Crippen LogP contribution in [0.2, 0.25) is 0 Å². The molecular formula is C16H15N3O2. The minimum absolute atomic E-state index is 0.493. The standard InChI is InChI=1S/C16H15N3O2/c1-21-14-9-5-6-12(10-14)16(20)15-11-17-19(18-15)13-7-3-2-4-8-13/h2-11,16,20H,1H3. The minimum Gasteiger partial charge on any atom is -0.497 e. The van der Waals surface area contributed by atoms with Gasteiger partial charge in [-0.2, -0.15) is 15.0 Å². The van der Waals surface area contributed by atoms with Crippen molar-refractivity contribution in [1.82, 2.24) is 15.0 Å². The Balaban J connectivity index is 1.88. The molecule has 106 valence electrons. The average Bonchev–Trinajstić information content (AvgIpc) is 3.05. The molecule has 0 aliphatic heterocycles. The van der Waals surface area contributed by atoms with Crippen molar-refractivity contribution >= 4 is 0 Å². The molecule has 3 aromatic rings. The second-order valence-electron chi connectivity index (χ2n) is 4.57. The van der Waals surface area contributed by atoms with Gasteiger partial charge < -0.3 is 9.84 Å². The van der Waals surface area contributed by atoms with E-state index in [1.165, 1.54) is 4.80 Å². The van der Waals surface area contributed by atoms with E-state index in [4.69, 9.17) is 4.74 Å². The van der Waals surface area contributed by atoms with Crippen LogP contribution < -0.4 is 4.74 Å². The SMILES string of the molecule is COc1cccc(C(O)c2cnn(-c3ccccc3)n2)c1. The van der Waals surface area contributed by atoms with Crippen molar-refractivity contribution in [1.29, 1.82) is 0 Å². The van der Waals surface area contributed by atoms with Crippen molar-refractivity contribution in [2.24, 2.45) is 0 Å². The first kappa shape index (κ1) is 13.3. The number of benzene rings is 2. The van der Waals surface area contributed by atoms with E-state index in [9.17, 15) is 5.11 Å². The molecule has 3 rings (SSSR count). The van der Waals surface area contributed by atoms with Crippen molar-refractivity contribution in [2.75, 3.05) is 7.11 Å². The molecule has 1 unspecified atom stereocenters. The lowest BCUT2D eigenvalue weighted by Crippen LogP contribution is -2.03. The molecule has 0 radical (unpaired) electrons. The van der Waals surface area contributed by atoms with Gasteiger partial charge in [-0.15, -0.1) is 0 Å². The molecule has 0 aliphatic rings. The predicted octanol–water partition coefficient (Wildman–Crippen LogP) is 2.36. The molecule has 1 N–H and O–H groups in total. The second-order valence-corrected chi connectivity index (χ2v) is 4.57. The number of hydrogen-bond acceptors (Lipinski definition) is 4. The van der Waals surface area contributed by atoms with Crippen LogP contribution in [0.25, 0.3) is 5.69 Å². The number of nitrogens with zero attached hydrogens (tertiary/aromatic N) is 3. The fourth-order valence-corrected chi connectivity index (χ4v) is 2.07. The Morgan fingerprint density at radius 2 is 1.90 bits per heavy atom. The van der Waals surface area contributed by atoms with E-state index in [0.29, 0.717) is 11.4 Å². The van der Waals surface area contributed by atoms with Crippen LogP contribution in [-0.2, 0) is 0 Å². The van der Waals surface area contributed by atoms with E-state index < -0.39 is 6.10 Å². The van der Waals surface area contributed by atoms with Gasteiger partial charge in [0.15, 0.2) is 0 Å². The zero-order valence-electron chi connectivity index (χ0n) is 11.5. The maximum atomic E-state index is 10.4. The van der Waals surface area contributed by atoms with Crippen LogP contribution >= 0.6 is 0 Å². The summed E-state index contributed by atoms with van der Waals surface area (Å²) < 4.78 is 5.16. The zero-order chi connectivity index (χ0) is 14.7. The van der Waals surface area contributed by atoms with Crippen LogP contribution in [0.4, 0.5) is 0 Å². The van der Waals surface area contributed by atoms with E-state index >= 15 is 0 Å². The monoisotopic (exact) mass is 281 g/mol. The van der Waals surface area contributed by atoms with Crippen molar-refractivity contribution < 1.29 is 9.84 Å². The number of aliphatic hydroxyl groups excluding tert-OH is 1. The Morgan fingerprint density at radius 1 is 1.10 bits per heavy atom. The molecule has 1 heterocycles. The summed E-state index contributed by atoms with van der Waals surface area (Å²) in [4.78, 5) is 1.50. The molecule has 5 nitrogen and oxygen atoms in total. The maximum Gasteiger partial charge on any atom is 0.125 e. The number of para-hydroxylation sites is 1. The highest BCUT2D eigenvalue weighted by Gasteiger charge is 2.15. The highest BCUT2D eigenvalue weighted by molar-refractivity contribution is 5.33. The lowest BCUT2D eigenvalue weighted by Gasteiger charge is -2.09. The summed E-state index contributed by atoms with van der Waals surface area (Å²) in [5.41, 5.74) is 2.06.